The lowest BCUT2D eigenvalue weighted by atomic mass is 9.71. The number of allylic oxidation sites excluding steroid dienone is 2. The molecule has 4 aliphatic rings. The van der Waals surface area contributed by atoms with E-state index in [-0.39, 0.29) is 29.4 Å². The molecule has 1 aromatic heterocycles. The second kappa shape index (κ2) is 9.47. The molecular formula is C30H35N3O3. The SMILES string of the molecule is CCC(=O)N[C@@H]1c2ccccc2C2(CCN(C(=O)[C@H]3C[C@@H]4C=C[C@H]3C4)CC2)[C@H]1OCc1cccnc1. The Morgan fingerprint density at radius 3 is 2.64 bits per heavy atom. The van der Waals surface area contributed by atoms with Crippen LogP contribution in [0.15, 0.2) is 60.9 Å². The summed E-state index contributed by atoms with van der Waals surface area (Å²) in [6.45, 7) is 3.78. The molecular weight excluding hydrogens is 450 g/mol. The third-order valence-corrected chi connectivity index (χ3v) is 9.03. The van der Waals surface area contributed by atoms with Gasteiger partial charge in [0, 0.05) is 43.2 Å². The molecule has 0 radical (unpaired) electrons. The summed E-state index contributed by atoms with van der Waals surface area (Å²) in [6, 6.07) is 12.2. The van der Waals surface area contributed by atoms with E-state index in [2.05, 4.69) is 45.6 Å². The van der Waals surface area contributed by atoms with E-state index in [1.807, 2.05) is 31.3 Å². The van der Waals surface area contributed by atoms with Crippen molar-refractivity contribution in [2.24, 2.45) is 17.8 Å². The number of carbonyl (C=O) groups excluding carboxylic acids is 2. The Morgan fingerprint density at radius 1 is 1.11 bits per heavy atom. The monoisotopic (exact) mass is 485 g/mol. The van der Waals surface area contributed by atoms with Crippen molar-refractivity contribution < 1.29 is 14.3 Å². The molecule has 1 aromatic carbocycles. The van der Waals surface area contributed by atoms with Gasteiger partial charge in [-0.2, -0.15) is 0 Å². The largest absolute Gasteiger partial charge is 0.370 e. The van der Waals surface area contributed by atoms with Crippen LogP contribution in [-0.4, -0.2) is 40.9 Å². The van der Waals surface area contributed by atoms with Crippen molar-refractivity contribution in [3.63, 3.8) is 0 Å². The van der Waals surface area contributed by atoms with Crippen LogP contribution in [-0.2, 0) is 26.3 Å². The molecule has 2 aromatic rings. The van der Waals surface area contributed by atoms with Gasteiger partial charge in [0.2, 0.25) is 11.8 Å². The van der Waals surface area contributed by atoms with Crippen molar-refractivity contribution in [1.29, 1.82) is 0 Å². The summed E-state index contributed by atoms with van der Waals surface area (Å²) in [5.74, 6) is 1.53. The third kappa shape index (κ3) is 3.96. The van der Waals surface area contributed by atoms with Gasteiger partial charge in [-0.25, -0.2) is 0 Å². The average molecular weight is 486 g/mol. The Bertz CT molecular complexity index is 1160. The molecule has 36 heavy (non-hydrogen) atoms. The number of aromatic nitrogens is 1. The van der Waals surface area contributed by atoms with Crippen LogP contribution in [0.2, 0.25) is 0 Å². The predicted octanol–water partition coefficient (Wildman–Crippen LogP) is 4.32. The number of ether oxygens (including phenoxy) is 1. The lowest BCUT2D eigenvalue weighted by molar-refractivity contribution is -0.139. The highest BCUT2D eigenvalue weighted by atomic mass is 16.5. The summed E-state index contributed by atoms with van der Waals surface area (Å²) >= 11 is 0. The number of carbonyl (C=O) groups is 2. The summed E-state index contributed by atoms with van der Waals surface area (Å²) < 4.78 is 6.69. The second-order valence-corrected chi connectivity index (χ2v) is 10.9. The molecule has 1 saturated carbocycles. The first kappa shape index (κ1) is 23.4. The Balaban J connectivity index is 1.27. The van der Waals surface area contributed by atoms with Crippen molar-refractivity contribution in [2.45, 2.75) is 63.2 Å². The molecule has 6 heteroatoms. The number of rotatable bonds is 6. The van der Waals surface area contributed by atoms with Gasteiger partial charge in [0.15, 0.2) is 0 Å². The van der Waals surface area contributed by atoms with Gasteiger partial charge in [-0.1, -0.05) is 49.4 Å². The van der Waals surface area contributed by atoms with E-state index in [1.54, 1.807) is 6.20 Å². The molecule has 2 fully saturated rings. The van der Waals surface area contributed by atoms with E-state index in [0.717, 1.165) is 49.9 Å². The highest BCUT2D eigenvalue weighted by Gasteiger charge is 2.55. The smallest absolute Gasteiger partial charge is 0.226 e. The van der Waals surface area contributed by atoms with E-state index in [1.165, 1.54) is 5.56 Å². The zero-order chi connectivity index (χ0) is 24.7. The summed E-state index contributed by atoms with van der Waals surface area (Å²) in [5.41, 5.74) is 3.18. The van der Waals surface area contributed by atoms with Gasteiger partial charge in [-0.3, -0.25) is 14.6 Å². The van der Waals surface area contributed by atoms with Gasteiger partial charge in [0.05, 0.1) is 18.8 Å². The van der Waals surface area contributed by atoms with Crippen LogP contribution < -0.4 is 5.32 Å². The molecule has 0 unspecified atom stereocenters. The van der Waals surface area contributed by atoms with Crippen molar-refractivity contribution in [3.8, 4) is 0 Å². The number of piperidine rings is 1. The quantitative estimate of drug-likeness (QED) is 0.619. The molecule has 2 heterocycles. The average Bonchev–Trinajstić information content (AvgIpc) is 3.62. The molecule has 1 saturated heterocycles. The topological polar surface area (TPSA) is 71.5 Å². The van der Waals surface area contributed by atoms with E-state index in [9.17, 15) is 9.59 Å². The standard InChI is InChI=1S/C30H35N3O3/c1-2-26(34)32-27-23-7-3-4-8-25(23)30(28(27)36-19-21-6-5-13-31-18-21)11-14-33(15-12-30)29(35)24-17-20-9-10-22(24)16-20/h3-10,13,18,20,22,24,27-28H,2,11-12,14-17,19H2,1H3,(H,32,34)/t20-,22+,24+,27-,28+/m1/s1. The van der Waals surface area contributed by atoms with Crippen LogP contribution in [0, 0.1) is 17.8 Å². The third-order valence-electron chi connectivity index (χ3n) is 9.03. The first-order valence-corrected chi connectivity index (χ1v) is 13.5. The van der Waals surface area contributed by atoms with Crippen molar-refractivity contribution >= 4 is 11.8 Å². The van der Waals surface area contributed by atoms with E-state index in [0.29, 0.717) is 30.8 Å². The van der Waals surface area contributed by atoms with E-state index in [4.69, 9.17) is 4.74 Å². The predicted molar refractivity (Wildman–Crippen MR) is 137 cm³/mol. The molecule has 5 atom stereocenters. The van der Waals surface area contributed by atoms with Crippen LogP contribution in [0.3, 0.4) is 0 Å². The van der Waals surface area contributed by atoms with E-state index >= 15 is 0 Å². The second-order valence-electron chi connectivity index (χ2n) is 10.9. The Kier molecular flexibility index (Phi) is 6.16. The number of likely N-dealkylation sites (tertiary alicyclic amines) is 1. The Labute approximate surface area is 213 Å². The van der Waals surface area contributed by atoms with Crippen molar-refractivity contribution in [3.05, 3.63) is 77.6 Å². The minimum atomic E-state index is -0.240. The Hall–Kier alpha value is -2.99. The van der Waals surface area contributed by atoms with Gasteiger partial charge in [0.25, 0.3) is 0 Å². The summed E-state index contributed by atoms with van der Waals surface area (Å²) in [5, 5.41) is 3.27. The summed E-state index contributed by atoms with van der Waals surface area (Å²) in [6.07, 6.45) is 12.2. The van der Waals surface area contributed by atoms with Crippen molar-refractivity contribution in [2.75, 3.05) is 13.1 Å². The fourth-order valence-corrected chi connectivity index (χ4v) is 7.19. The number of nitrogens with one attached hydrogen (secondary N) is 1. The molecule has 1 spiro atoms. The molecule has 6 rings (SSSR count). The molecule has 2 bridgehead atoms. The highest BCUT2D eigenvalue weighted by molar-refractivity contribution is 5.80. The molecule has 1 N–H and O–H groups in total. The van der Waals surface area contributed by atoms with Crippen LogP contribution in [0.4, 0.5) is 0 Å². The zero-order valence-electron chi connectivity index (χ0n) is 20.9. The summed E-state index contributed by atoms with van der Waals surface area (Å²) in [7, 11) is 0. The highest BCUT2D eigenvalue weighted by Crippen LogP contribution is 2.53. The number of amides is 2. The molecule has 188 valence electrons. The Morgan fingerprint density at radius 2 is 1.94 bits per heavy atom. The van der Waals surface area contributed by atoms with Gasteiger partial charge in [-0.05, 0) is 60.3 Å². The van der Waals surface area contributed by atoms with Crippen LogP contribution >= 0.6 is 0 Å². The molecule has 6 nitrogen and oxygen atoms in total. The first-order chi connectivity index (χ1) is 17.6. The molecule has 2 amide bonds. The minimum Gasteiger partial charge on any atom is -0.370 e. The van der Waals surface area contributed by atoms with Gasteiger partial charge >= 0.3 is 0 Å². The number of pyridine rings is 1. The lowest BCUT2D eigenvalue weighted by Crippen LogP contribution is -2.53. The number of hydrogen-bond acceptors (Lipinski definition) is 4. The minimum absolute atomic E-state index is 0.0267. The number of fused-ring (bicyclic) bond motifs is 4. The van der Waals surface area contributed by atoms with Crippen LogP contribution in [0.5, 0.6) is 0 Å². The maximum absolute atomic E-state index is 13.5. The molecule has 3 aliphatic carbocycles. The van der Waals surface area contributed by atoms with Crippen LogP contribution in [0.1, 0.15) is 61.8 Å². The maximum Gasteiger partial charge on any atom is 0.226 e. The summed E-state index contributed by atoms with van der Waals surface area (Å²) in [4.78, 5) is 32.4. The van der Waals surface area contributed by atoms with Gasteiger partial charge < -0.3 is 15.0 Å². The lowest BCUT2D eigenvalue weighted by Gasteiger charge is -2.45. The first-order valence-electron chi connectivity index (χ1n) is 13.5. The molecule has 1 aliphatic heterocycles. The zero-order valence-corrected chi connectivity index (χ0v) is 20.9. The van der Waals surface area contributed by atoms with E-state index < -0.39 is 0 Å². The number of hydrogen-bond donors (Lipinski definition) is 1. The number of nitrogens with zero attached hydrogens (tertiary/aromatic N) is 2. The normalized spacial score (nSPS) is 29.5. The van der Waals surface area contributed by atoms with Crippen molar-refractivity contribution in [1.82, 2.24) is 15.2 Å². The van der Waals surface area contributed by atoms with Crippen LogP contribution in [0.25, 0.3) is 0 Å². The van der Waals surface area contributed by atoms with Gasteiger partial charge in [0.1, 0.15) is 0 Å². The fourth-order valence-electron chi connectivity index (χ4n) is 7.19. The fraction of sp³-hybridized carbons (Fsp3) is 0.500. The maximum atomic E-state index is 13.5. The number of benzene rings is 1. The van der Waals surface area contributed by atoms with Gasteiger partial charge in [-0.15, -0.1) is 0 Å².